The van der Waals surface area contributed by atoms with Gasteiger partial charge in [-0.25, -0.2) is 0 Å². The quantitative estimate of drug-likeness (QED) is 0.706. The van der Waals surface area contributed by atoms with Gasteiger partial charge in [0.2, 0.25) is 0 Å². The van der Waals surface area contributed by atoms with Crippen LogP contribution in [0.1, 0.15) is 21.5 Å². The number of aromatic amines is 1. The van der Waals surface area contributed by atoms with Crippen molar-refractivity contribution in [2.75, 3.05) is 11.9 Å². The van der Waals surface area contributed by atoms with Crippen molar-refractivity contribution in [1.29, 1.82) is 0 Å². The van der Waals surface area contributed by atoms with Crippen molar-refractivity contribution in [3.63, 3.8) is 0 Å². The fraction of sp³-hybridized carbons (Fsp3) is 0.143. The largest absolute Gasteiger partial charge is 0.320 e. The number of nitrogens with zero attached hydrogens (tertiary/aromatic N) is 1. The highest BCUT2D eigenvalue weighted by Crippen LogP contribution is 2.15. The Kier molecular flexibility index (Phi) is 3.96. The van der Waals surface area contributed by atoms with E-state index in [1.54, 1.807) is 24.5 Å². The molecule has 0 unspecified atom stereocenters. The normalized spacial score (nSPS) is 9.58. The van der Waals surface area contributed by atoms with E-state index in [-0.39, 0.29) is 5.91 Å². The molecule has 5 heteroatoms. The molecule has 0 bridgehead atoms. The maximum atomic E-state index is 12.1. The Balaban J connectivity index is 2.27. The van der Waals surface area contributed by atoms with Crippen molar-refractivity contribution in [3.8, 4) is 11.8 Å². The molecule has 1 heterocycles. The fourth-order valence-corrected chi connectivity index (χ4v) is 1.68. The molecule has 2 rings (SSSR count). The molecule has 0 saturated heterocycles. The summed E-state index contributed by atoms with van der Waals surface area (Å²) in [5.41, 5.74) is 8.21. The van der Waals surface area contributed by atoms with Crippen LogP contribution >= 0.6 is 0 Å². The Labute approximate surface area is 111 Å². The first-order valence-corrected chi connectivity index (χ1v) is 5.81. The van der Waals surface area contributed by atoms with Gasteiger partial charge in [-0.3, -0.25) is 9.89 Å². The Morgan fingerprint density at radius 3 is 3.05 bits per heavy atom. The van der Waals surface area contributed by atoms with Gasteiger partial charge in [0.1, 0.15) is 0 Å². The highest BCUT2D eigenvalue weighted by molar-refractivity contribution is 6.05. The molecule has 0 radical (unpaired) electrons. The number of aromatic nitrogens is 2. The van der Waals surface area contributed by atoms with Gasteiger partial charge in [0, 0.05) is 17.3 Å². The number of carbonyl (C=O) groups excluding carboxylic acids is 1. The predicted molar refractivity (Wildman–Crippen MR) is 73.7 cm³/mol. The topological polar surface area (TPSA) is 83.8 Å². The number of rotatable bonds is 2. The van der Waals surface area contributed by atoms with E-state index in [1.807, 2.05) is 13.0 Å². The minimum Gasteiger partial charge on any atom is -0.320 e. The first-order chi connectivity index (χ1) is 9.22. The van der Waals surface area contributed by atoms with E-state index in [0.717, 1.165) is 11.1 Å². The van der Waals surface area contributed by atoms with Gasteiger partial charge >= 0.3 is 0 Å². The van der Waals surface area contributed by atoms with Gasteiger partial charge in [0.15, 0.2) is 0 Å². The van der Waals surface area contributed by atoms with Crippen molar-refractivity contribution in [3.05, 3.63) is 47.3 Å². The van der Waals surface area contributed by atoms with Crippen LogP contribution in [0.3, 0.4) is 0 Å². The molecular formula is C14H14N4O. The zero-order valence-electron chi connectivity index (χ0n) is 10.5. The van der Waals surface area contributed by atoms with Gasteiger partial charge in [-0.05, 0) is 24.6 Å². The molecule has 1 aromatic carbocycles. The minimum absolute atomic E-state index is 0.185. The van der Waals surface area contributed by atoms with Gasteiger partial charge in [-0.2, -0.15) is 5.10 Å². The van der Waals surface area contributed by atoms with Gasteiger partial charge in [0.05, 0.1) is 18.4 Å². The molecule has 0 saturated carbocycles. The Morgan fingerprint density at radius 1 is 1.53 bits per heavy atom. The maximum absolute atomic E-state index is 12.1. The first-order valence-electron chi connectivity index (χ1n) is 5.81. The van der Waals surface area contributed by atoms with Crippen LogP contribution in [-0.2, 0) is 0 Å². The molecule has 0 aliphatic heterocycles. The standard InChI is InChI=1S/C14H14N4O/c1-10-11(5-3-7-15)4-2-6-13(10)14(19)18-12-8-16-17-9-12/h2,4,6,8-9H,7,15H2,1H3,(H,16,17)(H,18,19). The van der Waals surface area contributed by atoms with Crippen LogP contribution in [0.15, 0.2) is 30.6 Å². The molecule has 4 N–H and O–H groups in total. The summed E-state index contributed by atoms with van der Waals surface area (Å²) in [4.78, 5) is 12.1. The smallest absolute Gasteiger partial charge is 0.256 e. The lowest BCUT2D eigenvalue weighted by molar-refractivity contribution is 0.102. The Hall–Kier alpha value is -2.58. The number of H-pyrrole nitrogens is 1. The second-order valence-corrected chi connectivity index (χ2v) is 3.93. The van der Waals surface area contributed by atoms with Crippen LogP contribution in [0.4, 0.5) is 5.69 Å². The zero-order valence-corrected chi connectivity index (χ0v) is 10.5. The van der Waals surface area contributed by atoms with Gasteiger partial charge in [-0.15, -0.1) is 0 Å². The van der Waals surface area contributed by atoms with E-state index in [0.29, 0.717) is 17.8 Å². The summed E-state index contributed by atoms with van der Waals surface area (Å²) < 4.78 is 0. The number of hydrogen-bond acceptors (Lipinski definition) is 3. The molecule has 96 valence electrons. The third kappa shape index (κ3) is 3.00. The summed E-state index contributed by atoms with van der Waals surface area (Å²) in [6.07, 6.45) is 3.16. The number of amides is 1. The van der Waals surface area contributed by atoms with E-state index >= 15 is 0 Å². The average Bonchev–Trinajstić information content (AvgIpc) is 2.90. The molecule has 1 amide bonds. The summed E-state index contributed by atoms with van der Waals surface area (Å²) in [7, 11) is 0. The molecule has 19 heavy (non-hydrogen) atoms. The molecule has 1 aromatic heterocycles. The summed E-state index contributed by atoms with van der Waals surface area (Å²) in [5, 5.41) is 9.17. The maximum Gasteiger partial charge on any atom is 0.256 e. The third-order valence-electron chi connectivity index (χ3n) is 2.66. The molecule has 2 aromatic rings. The lowest BCUT2D eigenvalue weighted by Crippen LogP contribution is -2.13. The van der Waals surface area contributed by atoms with Crippen LogP contribution in [0, 0.1) is 18.8 Å². The average molecular weight is 254 g/mol. The first kappa shape index (κ1) is 12.9. The number of nitrogens with two attached hydrogens (primary N) is 1. The van der Waals surface area contributed by atoms with Crippen LogP contribution in [0.25, 0.3) is 0 Å². The van der Waals surface area contributed by atoms with E-state index in [2.05, 4.69) is 27.4 Å². The fourth-order valence-electron chi connectivity index (χ4n) is 1.68. The molecule has 0 aliphatic carbocycles. The van der Waals surface area contributed by atoms with Crippen LogP contribution < -0.4 is 11.1 Å². The molecule has 0 atom stereocenters. The second kappa shape index (κ2) is 5.85. The number of carbonyl (C=O) groups is 1. The Bertz CT molecular complexity index is 635. The van der Waals surface area contributed by atoms with Gasteiger partial charge < -0.3 is 11.1 Å². The van der Waals surface area contributed by atoms with Crippen molar-refractivity contribution in [2.24, 2.45) is 5.73 Å². The molecular weight excluding hydrogens is 240 g/mol. The van der Waals surface area contributed by atoms with E-state index in [4.69, 9.17) is 5.73 Å². The van der Waals surface area contributed by atoms with Crippen LogP contribution in [-0.4, -0.2) is 22.6 Å². The lowest BCUT2D eigenvalue weighted by Gasteiger charge is -2.07. The SMILES string of the molecule is Cc1c(C#CCN)cccc1C(=O)Nc1cn[nH]c1. The molecule has 0 spiro atoms. The van der Waals surface area contributed by atoms with Crippen molar-refractivity contribution in [1.82, 2.24) is 10.2 Å². The number of anilines is 1. The molecule has 0 fully saturated rings. The number of benzene rings is 1. The van der Waals surface area contributed by atoms with Crippen molar-refractivity contribution >= 4 is 11.6 Å². The van der Waals surface area contributed by atoms with Crippen molar-refractivity contribution < 1.29 is 4.79 Å². The zero-order chi connectivity index (χ0) is 13.7. The van der Waals surface area contributed by atoms with Crippen LogP contribution in [0.2, 0.25) is 0 Å². The highest BCUT2D eigenvalue weighted by atomic mass is 16.1. The minimum atomic E-state index is -0.185. The lowest BCUT2D eigenvalue weighted by atomic mass is 10.0. The Morgan fingerprint density at radius 2 is 2.37 bits per heavy atom. The van der Waals surface area contributed by atoms with Crippen LogP contribution in [0.5, 0.6) is 0 Å². The number of nitrogens with one attached hydrogen (secondary N) is 2. The monoisotopic (exact) mass is 254 g/mol. The van der Waals surface area contributed by atoms with Crippen molar-refractivity contribution in [2.45, 2.75) is 6.92 Å². The van der Waals surface area contributed by atoms with Gasteiger partial charge in [-0.1, -0.05) is 17.9 Å². The molecule has 5 nitrogen and oxygen atoms in total. The summed E-state index contributed by atoms with van der Waals surface area (Å²) in [6, 6.07) is 5.43. The summed E-state index contributed by atoms with van der Waals surface area (Å²) in [6.45, 7) is 2.16. The van der Waals surface area contributed by atoms with Gasteiger partial charge in [0.25, 0.3) is 5.91 Å². The summed E-state index contributed by atoms with van der Waals surface area (Å²) in [5.74, 6) is 5.56. The van der Waals surface area contributed by atoms with E-state index < -0.39 is 0 Å². The second-order valence-electron chi connectivity index (χ2n) is 3.93. The predicted octanol–water partition coefficient (Wildman–Crippen LogP) is 1.28. The summed E-state index contributed by atoms with van der Waals surface area (Å²) >= 11 is 0. The van der Waals surface area contributed by atoms with E-state index in [9.17, 15) is 4.79 Å². The highest BCUT2D eigenvalue weighted by Gasteiger charge is 2.11. The molecule has 0 aliphatic rings. The third-order valence-corrected chi connectivity index (χ3v) is 2.66. The number of hydrogen-bond donors (Lipinski definition) is 3. The van der Waals surface area contributed by atoms with E-state index in [1.165, 1.54) is 0 Å².